The van der Waals surface area contributed by atoms with E-state index in [9.17, 15) is 4.79 Å². The van der Waals surface area contributed by atoms with Gasteiger partial charge in [-0.1, -0.05) is 54.1 Å². The molecular weight excluding hydrogens is 372 g/mol. The van der Waals surface area contributed by atoms with Crippen LogP contribution in [0, 0.1) is 0 Å². The van der Waals surface area contributed by atoms with Crippen LogP contribution in [-0.4, -0.2) is 33.9 Å². The quantitative estimate of drug-likeness (QED) is 0.613. The summed E-state index contributed by atoms with van der Waals surface area (Å²) in [5.41, 5.74) is 2.66. The van der Waals surface area contributed by atoms with Gasteiger partial charge in [0.15, 0.2) is 0 Å². The van der Waals surface area contributed by atoms with Crippen LogP contribution in [0.25, 0.3) is 0 Å². The Morgan fingerprint density at radius 2 is 1.79 bits per heavy atom. The van der Waals surface area contributed by atoms with Crippen LogP contribution in [0.5, 0.6) is 0 Å². The molecule has 28 heavy (non-hydrogen) atoms. The Hall–Kier alpha value is -2.92. The Morgan fingerprint density at radius 3 is 2.50 bits per heavy atom. The fourth-order valence-electron chi connectivity index (χ4n) is 2.85. The lowest BCUT2D eigenvalue weighted by atomic mass is 10.1. The molecule has 2 aromatic carbocycles. The third-order valence-corrected chi connectivity index (χ3v) is 4.66. The predicted octanol–water partition coefficient (Wildman–Crippen LogP) is 4.45. The van der Waals surface area contributed by atoms with Crippen LogP contribution in [0.4, 0.5) is 5.82 Å². The number of halogens is 1. The SMILES string of the molecule is CCN(Cc1ccccc1)C(=O)c1cc(NCCc2ccc(Cl)cc2)ncn1. The zero-order valence-corrected chi connectivity index (χ0v) is 16.6. The lowest BCUT2D eigenvalue weighted by molar-refractivity contribution is 0.0746. The Morgan fingerprint density at radius 1 is 1.04 bits per heavy atom. The van der Waals surface area contributed by atoms with Crippen molar-refractivity contribution < 1.29 is 4.79 Å². The highest BCUT2D eigenvalue weighted by Crippen LogP contribution is 2.12. The van der Waals surface area contributed by atoms with Crippen molar-refractivity contribution in [2.75, 3.05) is 18.4 Å². The average Bonchev–Trinajstić information content (AvgIpc) is 2.74. The van der Waals surface area contributed by atoms with Crippen LogP contribution in [0.1, 0.15) is 28.5 Å². The minimum Gasteiger partial charge on any atom is -0.370 e. The molecule has 0 aliphatic rings. The molecule has 6 heteroatoms. The molecule has 0 spiro atoms. The van der Waals surface area contributed by atoms with Gasteiger partial charge in [-0.25, -0.2) is 9.97 Å². The van der Waals surface area contributed by atoms with Crippen molar-refractivity contribution in [1.82, 2.24) is 14.9 Å². The number of hydrogen-bond acceptors (Lipinski definition) is 4. The second kappa shape index (κ2) is 9.85. The number of aromatic nitrogens is 2. The molecule has 3 rings (SSSR count). The first-order valence-corrected chi connectivity index (χ1v) is 9.67. The molecule has 0 unspecified atom stereocenters. The first kappa shape index (κ1) is 19.8. The maximum atomic E-state index is 12.9. The monoisotopic (exact) mass is 394 g/mol. The van der Waals surface area contributed by atoms with E-state index in [0.29, 0.717) is 31.1 Å². The van der Waals surface area contributed by atoms with Gasteiger partial charge >= 0.3 is 0 Å². The van der Waals surface area contributed by atoms with Gasteiger partial charge in [-0.2, -0.15) is 0 Å². The van der Waals surface area contributed by atoms with E-state index in [1.54, 1.807) is 11.0 Å². The smallest absolute Gasteiger partial charge is 0.272 e. The highest BCUT2D eigenvalue weighted by molar-refractivity contribution is 6.30. The molecule has 0 fully saturated rings. The van der Waals surface area contributed by atoms with Gasteiger partial charge in [0, 0.05) is 30.7 Å². The maximum absolute atomic E-state index is 12.9. The topological polar surface area (TPSA) is 58.1 Å². The van der Waals surface area contributed by atoms with Crippen molar-refractivity contribution in [1.29, 1.82) is 0 Å². The summed E-state index contributed by atoms with van der Waals surface area (Å²) < 4.78 is 0. The molecule has 0 aliphatic heterocycles. The molecule has 1 N–H and O–H groups in total. The van der Waals surface area contributed by atoms with E-state index in [1.165, 1.54) is 11.9 Å². The number of amides is 1. The number of hydrogen-bond donors (Lipinski definition) is 1. The average molecular weight is 395 g/mol. The zero-order valence-electron chi connectivity index (χ0n) is 15.8. The van der Waals surface area contributed by atoms with Crippen molar-refractivity contribution in [2.24, 2.45) is 0 Å². The van der Waals surface area contributed by atoms with Gasteiger partial charge in [0.05, 0.1) is 0 Å². The lowest BCUT2D eigenvalue weighted by Crippen LogP contribution is -2.31. The third kappa shape index (κ3) is 5.54. The molecule has 144 valence electrons. The molecule has 3 aromatic rings. The van der Waals surface area contributed by atoms with E-state index >= 15 is 0 Å². The normalized spacial score (nSPS) is 10.5. The zero-order chi connectivity index (χ0) is 19.8. The minimum absolute atomic E-state index is 0.102. The summed E-state index contributed by atoms with van der Waals surface area (Å²) >= 11 is 5.91. The van der Waals surface area contributed by atoms with Crippen molar-refractivity contribution in [3.05, 3.63) is 88.8 Å². The van der Waals surface area contributed by atoms with Gasteiger partial charge in [0.1, 0.15) is 17.8 Å². The first-order valence-electron chi connectivity index (χ1n) is 9.29. The number of nitrogens with zero attached hydrogens (tertiary/aromatic N) is 3. The minimum atomic E-state index is -0.102. The summed E-state index contributed by atoms with van der Waals surface area (Å²) in [7, 11) is 0. The second-order valence-corrected chi connectivity index (χ2v) is 6.83. The van der Waals surface area contributed by atoms with E-state index in [1.807, 2.05) is 61.5 Å². The van der Waals surface area contributed by atoms with Crippen molar-refractivity contribution in [2.45, 2.75) is 19.9 Å². The van der Waals surface area contributed by atoms with Gasteiger partial charge in [0.2, 0.25) is 0 Å². The number of benzene rings is 2. The fourth-order valence-corrected chi connectivity index (χ4v) is 2.98. The summed E-state index contributed by atoms with van der Waals surface area (Å²) in [6, 6.07) is 19.4. The molecule has 1 heterocycles. The van der Waals surface area contributed by atoms with Crippen molar-refractivity contribution >= 4 is 23.3 Å². The van der Waals surface area contributed by atoms with Gasteiger partial charge in [0.25, 0.3) is 5.91 Å². The van der Waals surface area contributed by atoms with E-state index < -0.39 is 0 Å². The molecule has 0 radical (unpaired) electrons. The highest BCUT2D eigenvalue weighted by Gasteiger charge is 2.16. The van der Waals surface area contributed by atoms with Crippen LogP contribution < -0.4 is 5.32 Å². The number of carbonyl (C=O) groups excluding carboxylic acids is 1. The van der Waals surface area contributed by atoms with Crippen LogP contribution in [-0.2, 0) is 13.0 Å². The Kier molecular flexibility index (Phi) is 6.98. The molecule has 1 aromatic heterocycles. The van der Waals surface area contributed by atoms with Gasteiger partial charge in [-0.15, -0.1) is 0 Å². The first-order chi connectivity index (χ1) is 13.7. The lowest BCUT2D eigenvalue weighted by Gasteiger charge is -2.20. The summed E-state index contributed by atoms with van der Waals surface area (Å²) in [4.78, 5) is 23.0. The van der Waals surface area contributed by atoms with E-state index in [-0.39, 0.29) is 5.91 Å². The Balaban J connectivity index is 1.60. The molecule has 5 nitrogen and oxygen atoms in total. The van der Waals surface area contributed by atoms with E-state index in [0.717, 1.165) is 17.0 Å². The predicted molar refractivity (Wildman–Crippen MR) is 113 cm³/mol. The van der Waals surface area contributed by atoms with Crippen LogP contribution in [0.15, 0.2) is 67.0 Å². The molecule has 0 aliphatic carbocycles. The van der Waals surface area contributed by atoms with Crippen LogP contribution in [0.2, 0.25) is 5.02 Å². The number of nitrogens with one attached hydrogen (secondary N) is 1. The van der Waals surface area contributed by atoms with E-state index in [4.69, 9.17) is 11.6 Å². The summed E-state index contributed by atoms with van der Waals surface area (Å²) in [5, 5.41) is 3.98. The molecule has 0 saturated heterocycles. The summed E-state index contributed by atoms with van der Waals surface area (Å²) in [6.07, 6.45) is 2.26. The van der Waals surface area contributed by atoms with Crippen LogP contribution in [0.3, 0.4) is 0 Å². The number of carbonyl (C=O) groups is 1. The van der Waals surface area contributed by atoms with Crippen molar-refractivity contribution in [3.8, 4) is 0 Å². The Labute approximate surface area is 170 Å². The van der Waals surface area contributed by atoms with Crippen molar-refractivity contribution in [3.63, 3.8) is 0 Å². The summed E-state index contributed by atoms with van der Waals surface area (Å²) in [5.74, 6) is 0.539. The molecule has 0 saturated carbocycles. The van der Waals surface area contributed by atoms with Gasteiger partial charge in [-0.05, 0) is 36.6 Å². The molecular formula is C22H23ClN4O. The summed E-state index contributed by atoms with van der Waals surface area (Å²) in [6.45, 7) is 3.83. The number of rotatable bonds is 8. The molecule has 0 bridgehead atoms. The molecule has 1 amide bonds. The fraction of sp³-hybridized carbons (Fsp3) is 0.227. The largest absolute Gasteiger partial charge is 0.370 e. The van der Waals surface area contributed by atoms with E-state index in [2.05, 4.69) is 15.3 Å². The van der Waals surface area contributed by atoms with Gasteiger partial charge in [-0.3, -0.25) is 4.79 Å². The van der Waals surface area contributed by atoms with Crippen LogP contribution >= 0.6 is 11.6 Å². The molecule has 0 atom stereocenters. The third-order valence-electron chi connectivity index (χ3n) is 4.40. The maximum Gasteiger partial charge on any atom is 0.272 e. The highest BCUT2D eigenvalue weighted by atomic mass is 35.5. The Bertz CT molecular complexity index is 900. The second-order valence-electron chi connectivity index (χ2n) is 6.40. The number of anilines is 1. The van der Waals surface area contributed by atoms with Gasteiger partial charge < -0.3 is 10.2 Å². The standard InChI is InChI=1S/C22H23ClN4O/c1-2-27(15-18-6-4-3-5-7-18)22(28)20-14-21(26-16-25-20)24-13-12-17-8-10-19(23)11-9-17/h3-11,14,16H,2,12-13,15H2,1H3,(H,24,25,26).